The fourth-order valence-corrected chi connectivity index (χ4v) is 2.86. The van der Waals surface area contributed by atoms with Crippen molar-refractivity contribution < 1.29 is 14.4 Å². The van der Waals surface area contributed by atoms with Crippen molar-refractivity contribution in [1.29, 1.82) is 5.26 Å². The minimum absolute atomic E-state index is 0.0112. The number of nitriles is 1. The number of H-pyrrole nitrogens is 1. The molecule has 0 unspecified atom stereocenters. The third-order valence-corrected chi connectivity index (χ3v) is 4.30. The van der Waals surface area contributed by atoms with Crippen LogP contribution in [0.5, 0.6) is 11.5 Å². The third kappa shape index (κ3) is 4.25. The minimum Gasteiger partial charge on any atom is -0.493 e. The zero-order chi connectivity index (χ0) is 21.0. The number of nitrogens with one attached hydrogen (secondary N) is 1. The Kier molecular flexibility index (Phi) is 5.60. The maximum absolute atomic E-state index is 12.0. The molecule has 8 heteroatoms. The van der Waals surface area contributed by atoms with E-state index >= 15 is 0 Å². The number of hydrogen-bond acceptors (Lipinski definition) is 6. The van der Waals surface area contributed by atoms with Gasteiger partial charge in [0, 0.05) is 23.4 Å². The number of pyridine rings is 1. The van der Waals surface area contributed by atoms with Crippen LogP contribution in [0.4, 0.5) is 5.69 Å². The van der Waals surface area contributed by atoms with Crippen molar-refractivity contribution in [1.82, 2.24) is 4.98 Å². The van der Waals surface area contributed by atoms with Gasteiger partial charge in [0.05, 0.1) is 12.0 Å². The Hall–Kier alpha value is -4.12. The number of aryl methyl sites for hydroxylation is 1. The highest BCUT2D eigenvalue weighted by Crippen LogP contribution is 2.34. The Morgan fingerprint density at radius 2 is 1.86 bits per heavy atom. The van der Waals surface area contributed by atoms with E-state index in [9.17, 15) is 20.2 Å². The first-order valence-electron chi connectivity index (χ1n) is 8.61. The van der Waals surface area contributed by atoms with Gasteiger partial charge in [-0.05, 0) is 48.4 Å². The predicted molar refractivity (Wildman–Crippen MR) is 106 cm³/mol. The second-order valence-corrected chi connectivity index (χ2v) is 6.26. The fraction of sp³-hybridized carbons (Fsp3) is 0.143. The van der Waals surface area contributed by atoms with Gasteiger partial charge in [-0.1, -0.05) is 6.07 Å². The van der Waals surface area contributed by atoms with E-state index < -0.39 is 10.5 Å². The van der Waals surface area contributed by atoms with Gasteiger partial charge in [-0.2, -0.15) is 5.26 Å². The lowest BCUT2D eigenvalue weighted by Crippen LogP contribution is -2.12. The third-order valence-electron chi connectivity index (χ3n) is 4.30. The molecule has 0 fully saturated rings. The summed E-state index contributed by atoms with van der Waals surface area (Å²) in [5.74, 6) is 0.904. The Balaban J connectivity index is 1.87. The Bertz CT molecular complexity index is 1160. The van der Waals surface area contributed by atoms with Crippen LogP contribution in [0.3, 0.4) is 0 Å². The Morgan fingerprint density at radius 3 is 2.48 bits per heavy atom. The first-order chi connectivity index (χ1) is 13.9. The van der Waals surface area contributed by atoms with Crippen LogP contribution >= 0.6 is 0 Å². The van der Waals surface area contributed by atoms with Crippen LogP contribution in [0.25, 0.3) is 11.1 Å². The van der Waals surface area contributed by atoms with Gasteiger partial charge in [0.15, 0.2) is 11.5 Å². The van der Waals surface area contributed by atoms with Crippen molar-refractivity contribution in [2.75, 3.05) is 7.11 Å². The van der Waals surface area contributed by atoms with E-state index in [0.717, 1.165) is 5.56 Å². The molecular weight excluding hydrogens is 374 g/mol. The molecule has 0 aliphatic heterocycles. The zero-order valence-corrected chi connectivity index (χ0v) is 15.8. The second kappa shape index (κ2) is 8.27. The number of nitro benzene ring substituents is 1. The molecule has 8 nitrogen and oxygen atoms in total. The number of hydrogen-bond donors (Lipinski definition) is 1. The summed E-state index contributed by atoms with van der Waals surface area (Å²) in [6.45, 7) is 1.94. The smallest absolute Gasteiger partial charge is 0.269 e. The first-order valence-corrected chi connectivity index (χ1v) is 8.61. The average molecular weight is 391 g/mol. The van der Waals surface area contributed by atoms with Gasteiger partial charge in [0.2, 0.25) is 0 Å². The molecule has 0 radical (unpaired) electrons. The second-order valence-electron chi connectivity index (χ2n) is 6.26. The molecule has 29 heavy (non-hydrogen) atoms. The molecule has 0 atom stereocenters. The standard InChI is InChI=1S/C21H17N3O5/c1-13-9-17(18(11-22)21(25)23-13)15-5-8-19(20(10-15)28-2)29-12-14-3-6-16(7-4-14)24(26)27/h3-10H,12H2,1-2H3,(H,23,25). The molecule has 0 spiro atoms. The molecule has 0 saturated carbocycles. The minimum atomic E-state index is -0.460. The summed E-state index contributed by atoms with van der Waals surface area (Å²) < 4.78 is 11.2. The lowest BCUT2D eigenvalue weighted by atomic mass is 10.0. The van der Waals surface area contributed by atoms with Gasteiger partial charge in [0.25, 0.3) is 11.2 Å². The summed E-state index contributed by atoms with van der Waals surface area (Å²) in [6.07, 6.45) is 0. The van der Waals surface area contributed by atoms with Crippen LogP contribution in [0, 0.1) is 28.4 Å². The molecule has 1 heterocycles. The molecular formula is C21H17N3O5. The fourth-order valence-electron chi connectivity index (χ4n) is 2.86. The number of benzene rings is 2. The molecule has 146 valence electrons. The van der Waals surface area contributed by atoms with E-state index in [1.54, 1.807) is 43.3 Å². The van der Waals surface area contributed by atoms with Crippen LogP contribution in [-0.4, -0.2) is 17.0 Å². The molecule has 1 N–H and O–H groups in total. The van der Waals surface area contributed by atoms with Crippen LogP contribution in [0.15, 0.2) is 53.3 Å². The molecule has 0 amide bonds. The quantitative estimate of drug-likeness (QED) is 0.505. The number of ether oxygens (including phenoxy) is 2. The summed E-state index contributed by atoms with van der Waals surface area (Å²) in [4.78, 5) is 24.9. The summed E-state index contributed by atoms with van der Waals surface area (Å²) >= 11 is 0. The van der Waals surface area contributed by atoms with E-state index in [0.29, 0.717) is 28.3 Å². The monoisotopic (exact) mass is 391 g/mol. The van der Waals surface area contributed by atoms with E-state index in [4.69, 9.17) is 9.47 Å². The highest BCUT2D eigenvalue weighted by atomic mass is 16.6. The van der Waals surface area contributed by atoms with Crippen LogP contribution < -0.4 is 15.0 Å². The number of rotatable bonds is 6. The molecule has 0 aliphatic rings. The first kappa shape index (κ1) is 19.6. The molecule has 3 aromatic rings. The maximum Gasteiger partial charge on any atom is 0.269 e. The molecule has 3 rings (SSSR count). The summed E-state index contributed by atoms with van der Waals surface area (Å²) in [7, 11) is 1.49. The van der Waals surface area contributed by atoms with Gasteiger partial charge in [-0.25, -0.2) is 0 Å². The lowest BCUT2D eigenvalue weighted by Gasteiger charge is -2.13. The number of methoxy groups -OCH3 is 1. The van der Waals surface area contributed by atoms with Crippen LogP contribution in [-0.2, 0) is 6.61 Å². The van der Waals surface area contributed by atoms with E-state index in [2.05, 4.69) is 4.98 Å². The Labute approximate surface area is 166 Å². The van der Waals surface area contributed by atoms with Crippen LogP contribution in [0.2, 0.25) is 0 Å². The lowest BCUT2D eigenvalue weighted by molar-refractivity contribution is -0.384. The normalized spacial score (nSPS) is 10.2. The van der Waals surface area contributed by atoms with Crippen molar-refractivity contribution in [3.63, 3.8) is 0 Å². The molecule has 2 aromatic carbocycles. The number of aromatic amines is 1. The Morgan fingerprint density at radius 1 is 1.14 bits per heavy atom. The van der Waals surface area contributed by atoms with E-state index in [1.165, 1.54) is 19.2 Å². The van der Waals surface area contributed by atoms with Crippen molar-refractivity contribution in [3.05, 3.63) is 85.8 Å². The van der Waals surface area contributed by atoms with Gasteiger partial charge < -0.3 is 14.5 Å². The summed E-state index contributed by atoms with van der Waals surface area (Å²) in [6, 6.07) is 14.9. The van der Waals surface area contributed by atoms with E-state index in [-0.39, 0.29) is 17.9 Å². The number of aromatic nitrogens is 1. The van der Waals surface area contributed by atoms with Gasteiger partial charge >= 0.3 is 0 Å². The molecule has 0 bridgehead atoms. The molecule has 0 aliphatic carbocycles. The van der Waals surface area contributed by atoms with E-state index in [1.807, 2.05) is 6.07 Å². The summed E-state index contributed by atoms with van der Waals surface area (Å²) in [5, 5.41) is 20.1. The average Bonchev–Trinajstić information content (AvgIpc) is 2.72. The predicted octanol–water partition coefficient (Wildman–Crippen LogP) is 3.72. The highest BCUT2D eigenvalue weighted by Gasteiger charge is 2.14. The van der Waals surface area contributed by atoms with Crippen molar-refractivity contribution in [3.8, 4) is 28.7 Å². The SMILES string of the molecule is COc1cc(-c2cc(C)[nH]c(=O)c2C#N)ccc1OCc1ccc([N+](=O)[O-])cc1. The van der Waals surface area contributed by atoms with Crippen molar-refractivity contribution in [2.24, 2.45) is 0 Å². The number of nitro groups is 1. The number of nitrogens with zero attached hydrogens (tertiary/aromatic N) is 2. The van der Waals surface area contributed by atoms with Gasteiger partial charge in [-0.15, -0.1) is 0 Å². The van der Waals surface area contributed by atoms with Crippen LogP contribution in [0.1, 0.15) is 16.8 Å². The largest absolute Gasteiger partial charge is 0.493 e. The van der Waals surface area contributed by atoms with Crippen molar-refractivity contribution in [2.45, 2.75) is 13.5 Å². The molecule has 1 aromatic heterocycles. The summed E-state index contributed by atoms with van der Waals surface area (Å²) in [5.41, 5.74) is 2.15. The highest BCUT2D eigenvalue weighted by molar-refractivity contribution is 5.72. The van der Waals surface area contributed by atoms with Crippen molar-refractivity contribution >= 4 is 5.69 Å². The topological polar surface area (TPSA) is 118 Å². The maximum atomic E-state index is 12.0. The molecule has 0 saturated heterocycles. The van der Waals surface area contributed by atoms with Gasteiger partial charge in [-0.3, -0.25) is 14.9 Å². The number of non-ortho nitro benzene ring substituents is 1. The zero-order valence-electron chi connectivity index (χ0n) is 15.8. The van der Waals surface area contributed by atoms with Gasteiger partial charge in [0.1, 0.15) is 18.2 Å².